The standard InChI is InChI=1S/C16H20N4O2/c1-11-18-19-15-6-5-13(10-20(11)15)17-9-12-3-2-4-14-16(12)22-8-7-21-14/h2-4,13,17H,5-10H2,1H3/t13-/m0/s1. The van der Waals surface area contributed by atoms with Crippen LogP contribution in [0, 0.1) is 6.92 Å². The second-order valence-electron chi connectivity index (χ2n) is 5.83. The lowest BCUT2D eigenvalue weighted by atomic mass is 10.1. The van der Waals surface area contributed by atoms with Crippen LogP contribution in [-0.4, -0.2) is 34.0 Å². The lowest BCUT2D eigenvalue weighted by Crippen LogP contribution is -2.37. The number of aryl methyl sites for hydroxylation is 2. The third-order valence-electron chi connectivity index (χ3n) is 4.36. The first-order valence-electron chi connectivity index (χ1n) is 7.81. The Hall–Kier alpha value is -2.08. The molecular weight excluding hydrogens is 280 g/mol. The third-order valence-corrected chi connectivity index (χ3v) is 4.36. The minimum atomic E-state index is 0.433. The molecule has 116 valence electrons. The number of hydrogen-bond acceptors (Lipinski definition) is 5. The molecule has 0 saturated heterocycles. The van der Waals surface area contributed by atoms with Crippen molar-refractivity contribution in [2.24, 2.45) is 0 Å². The molecule has 6 nitrogen and oxygen atoms in total. The highest BCUT2D eigenvalue weighted by molar-refractivity contribution is 5.47. The third kappa shape index (κ3) is 2.43. The summed E-state index contributed by atoms with van der Waals surface area (Å²) in [6.45, 7) is 4.98. The monoisotopic (exact) mass is 300 g/mol. The first kappa shape index (κ1) is 13.6. The van der Waals surface area contributed by atoms with Crippen LogP contribution in [0.1, 0.15) is 23.6 Å². The molecule has 0 bridgehead atoms. The van der Waals surface area contributed by atoms with Gasteiger partial charge in [-0.1, -0.05) is 12.1 Å². The van der Waals surface area contributed by atoms with Gasteiger partial charge in [0.05, 0.1) is 0 Å². The highest BCUT2D eigenvalue weighted by Crippen LogP contribution is 2.33. The molecule has 0 spiro atoms. The summed E-state index contributed by atoms with van der Waals surface area (Å²) >= 11 is 0. The molecular formula is C16H20N4O2. The Balaban J connectivity index is 1.45. The van der Waals surface area contributed by atoms with Crippen LogP contribution in [-0.2, 0) is 19.5 Å². The van der Waals surface area contributed by atoms with Gasteiger partial charge in [-0.25, -0.2) is 0 Å². The summed E-state index contributed by atoms with van der Waals surface area (Å²) < 4.78 is 13.6. The number of nitrogens with zero attached hydrogens (tertiary/aromatic N) is 3. The quantitative estimate of drug-likeness (QED) is 0.930. The summed E-state index contributed by atoms with van der Waals surface area (Å²) in [5.41, 5.74) is 1.16. The van der Waals surface area contributed by atoms with Crippen molar-refractivity contribution < 1.29 is 9.47 Å². The van der Waals surface area contributed by atoms with E-state index in [1.807, 2.05) is 19.1 Å². The van der Waals surface area contributed by atoms with E-state index in [1.165, 1.54) is 0 Å². The van der Waals surface area contributed by atoms with Gasteiger partial charge in [0, 0.05) is 31.1 Å². The largest absolute Gasteiger partial charge is 0.486 e. The molecule has 0 fully saturated rings. The fraction of sp³-hybridized carbons (Fsp3) is 0.500. The van der Waals surface area contributed by atoms with Gasteiger partial charge in [-0.2, -0.15) is 0 Å². The Morgan fingerprint density at radius 2 is 2.18 bits per heavy atom. The van der Waals surface area contributed by atoms with E-state index < -0.39 is 0 Å². The van der Waals surface area contributed by atoms with Gasteiger partial charge in [0.15, 0.2) is 11.5 Å². The molecule has 1 N–H and O–H groups in total. The maximum absolute atomic E-state index is 5.77. The number of aromatic nitrogens is 3. The molecule has 4 rings (SSSR count). The summed E-state index contributed by atoms with van der Waals surface area (Å²) in [5, 5.41) is 12.0. The van der Waals surface area contributed by atoms with Gasteiger partial charge in [-0.15, -0.1) is 10.2 Å². The van der Waals surface area contributed by atoms with Crippen molar-refractivity contribution >= 4 is 0 Å². The molecule has 2 aliphatic heterocycles. The number of hydrogen-bond donors (Lipinski definition) is 1. The first-order chi connectivity index (χ1) is 10.8. The molecule has 22 heavy (non-hydrogen) atoms. The predicted octanol–water partition coefficient (Wildman–Crippen LogP) is 1.46. The molecule has 3 heterocycles. The Morgan fingerprint density at radius 3 is 3.14 bits per heavy atom. The second-order valence-corrected chi connectivity index (χ2v) is 5.83. The topological polar surface area (TPSA) is 61.2 Å². The SMILES string of the molecule is Cc1nnc2n1C[C@@H](NCc1cccc3c1OCCO3)CC2. The number of fused-ring (bicyclic) bond motifs is 2. The van der Waals surface area contributed by atoms with Gasteiger partial charge in [0.2, 0.25) is 0 Å². The van der Waals surface area contributed by atoms with E-state index in [9.17, 15) is 0 Å². The number of nitrogens with one attached hydrogen (secondary N) is 1. The zero-order chi connectivity index (χ0) is 14.9. The van der Waals surface area contributed by atoms with Crippen LogP contribution in [0.15, 0.2) is 18.2 Å². The van der Waals surface area contributed by atoms with E-state index in [2.05, 4.69) is 26.1 Å². The minimum absolute atomic E-state index is 0.433. The second kappa shape index (κ2) is 5.61. The minimum Gasteiger partial charge on any atom is -0.486 e. The van der Waals surface area contributed by atoms with Crippen LogP contribution >= 0.6 is 0 Å². The lowest BCUT2D eigenvalue weighted by Gasteiger charge is -2.26. The zero-order valence-electron chi connectivity index (χ0n) is 12.7. The number of para-hydroxylation sites is 1. The molecule has 0 aliphatic carbocycles. The normalized spacial score (nSPS) is 19.8. The Bertz CT molecular complexity index is 683. The number of benzene rings is 1. The lowest BCUT2D eigenvalue weighted by molar-refractivity contribution is 0.169. The van der Waals surface area contributed by atoms with Crippen molar-refractivity contribution in [1.82, 2.24) is 20.1 Å². The fourth-order valence-electron chi connectivity index (χ4n) is 3.16. The van der Waals surface area contributed by atoms with Gasteiger partial charge in [0.25, 0.3) is 0 Å². The molecule has 1 aromatic heterocycles. The maximum atomic E-state index is 5.77. The van der Waals surface area contributed by atoms with E-state index >= 15 is 0 Å². The fourth-order valence-corrected chi connectivity index (χ4v) is 3.16. The molecule has 2 aromatic rings. The van der Waals surface area contributed by atoms with Gasteiger partial charge in [0.1, 0.15) is 24.9 Å². The highest BCUT2D eigenvalue weighted by atomic mass is 16.6. The van der Waals surface area contributed by atoms with E-state index in [4.69, 9.17) is 9.47 Å². The van der Waals surface area contributed by atoms with E-state index in [1.54, 1.807) is 0 Å². The maximum Gasteiger partial charge on any atom is 0.165 e. The van der Waals surface area contributed by atoms with Crippen LogP contribution in [0.4, 0.5) is 0 Å². The summed E-state index contributed by atoms with van der Waals surface area (Å²) in [4.78, 5) is 0. The predicted molar refractivity (Wildman–Crippen MR) is 81.1 cm³/mol. The Morgan fingerprint density at radius 1 is 1.27 bits per heavy atom. The van der Waals surface area contributed by atoms with E-state index in [-0.39, 0.29) is 0 Å². The van der Waals surface area contributed by atoms with Crippen LogP contribution in [0.5, 0.6) is 11.5 Å². The molecule has 1 atom stereocenters. The summed E-state index contributed by atoms with van der Waals surface area (Å²) in [7, 11) is 0. The number of ether oxygens (including phenoxy) is 2. The van der Waals surface area contributed by atoms with Crippen LogP contribution in [0.25, 0.3) is 0 Å². The first-order valence-corrected chi connectivity index (χ1v) is 7.81. The average molecular weight is 300 g/mol. The van der Waals surface area contributed by atoms with Gasteiger partial charge in [-0.05, 0) is 19.4 Å². The Kier molecular flexibility index (Phi) is 3.46. The summed E-state index contributed by atoms with van der Waals surface area (Å²) in [5.74, 6) is 3.84. The van der Waals surface area contributed by atoms with E-state index in [0.717, 1.165) is 54.6 Å². The molecule has 0 saturated carbocycles. The molecule has 6 heteroatoms. The van der Waals surface area contributed by atoms with Gasteiger partial charge in [-0.3, -0.25) is 0 Å². The Labute approximate surface area is 129 Å². The zero-order valence-corrected chi connectivity index (χ0v) is 12.7. The molecule has 0 amide bonds. The van der Waals surface area contributed by atoms with Crippen molar-refractivity contribution in [3.8, 4) is 11.5 Å². The van der Waals surface area contributed by atoms with Gasteiger partial charge < -0.3 is 19.4 Å². The van der Waals surface area contributed by atoms with Crippen molar-refractivity contribution in [2.75, 3.05) is 13.2 Å². The van der Waals surface area contributed by atoms with Crippen LogP contribution in [0.3, 0.4) is 0 Å². The summed E-state index contributed by atoms with van der Waals surface area (Å²) in [6.07, 6.45) is 2.07. The van der Waals surface area contributed by atoms with Crippen molar-refractivity contribution in [3.63, 3.8) is 0 Å². The number of rotatable bonds is 3. The van der Waals surface area contributed by atoms with E-state index in [0.29, 0.717) is 19.3 Å². The van der Waals surface area contributed by atoms with Crippen molar-refractivity contribution in [1.29, 1.82) is 0 Å². The van der Waals surface area contributed by atoms with Crippen molar-refractivity contribution in [2.45, 2.75) is 38.9 Å². The molecule has 2 aliphatic rings. The van der Waals surface area contributed by atoms with Crippen LogP contribution in [0.2, 0.25) is 0 Å². The summed E-state index contributed by atoms with van der Waals surface area (Å²) in [6, 6.07) is 6.51. The van der Waals surface area contributed by atoms with Crippen LogP contribution < -0.4 is 14.8 Å². The molecule has 0 radical (unpaired) electrons. The smallest absolute Gasteiger partial charge is 0.165 e. The highest BCUT2D eigenvalue weighted by Gasteiger charge is 2.22. The van der Waals surface area contributed by atoms with Crippen molar-refractivity contribution in [3.05, 3.63) is 35.4 Å². The molecule has 0 unspecified atom stereocenters. The van der Waals surface area contributed by atoms with Gasteiger partial charge >= 0.3 is 0 Å². The average Bonchev–Trinajstić information content (AvgIpc) is 2.94. The molecule has 1 aromatic carbocycles.